The number of rotatable bonds is 3. The highest BCUT2D eigenvalue weighted by Crippen LogP contribution is 2.28. The SMILES string of the molecule is Cc1sc(C=C(C=O)C(C)C)cc1Br. The number of carbonyl (C=O) groups is 1. The van der Waals surface area contributed by atoms with Crippen LogP contribution in [0.4, 0.5) is 0 Å². The lowest BCUT2D eigenvalue weighted by molar-refractivity contribution is -0.105. The van der Waals surface area contributed by atoms with E-state index < -0.39 is 0 Å². The van der Waals surface area contributed by atoms with Crippen molar-refractivity contribution < 1.29 is 4.79 Å². The number of allylic oxidation sites excluding steroid dienone is 1. The highest BCUT2D eigenvalue weighted by atomic mass is 79.9. The Kier molecular flexibility index (Phi) is 4.08. The van der Waals surface area contributed by atoms with Crippen molar-refractivity contribution in [1.29, 1.82) is 0 Å². The topological polar surface area (TPSA) is 17.1 Å². The maximum atomic E-state index is 10.8. The van der Waals surface area contributed by atoms with Crippen molar-refractivity contribution in [2.75, 3.05) is 0 Å². The zero-order valence-corrected chi connectivity index (χ0v) is 10.9. The van der Waals surface area contributed by atoms with Gasteiger partial charge >= 0.3 is 0 Å². The van der Waals surface area contributed by atoms with E-state index in [1.807, 2.05) is 26.0 Å². The molecule has 76 valence electrons. The molecule has 0 N–H and O–H groups in total. The fourth-order valence-electron chi connectivity index (χ4n) is 1.05. The van der Waals surface area contributed by atoms with Crippen molar-refractivity contribution in [1.82, 2.24) is 0 Å². The summed E-state index contributed by atoms with van der Waals surface area (Å²) in [6.45, 7) is 6.10. The van der Waals surface area contributed by atoms with Gasteiger partial charge in [0, 0.05) is 14.2 Å². The van der Waals surface area contributed by atoms with Crippen LogP contribution in [0.5, 0.6) is 0 Å². The monoisotopic (exact) mass is 272 g/mol. The Hall–Kier alpha value is -0.410. The highest BCUT2D eigenvalue weighted by molar-refractivity contribution is 9.10. The van der Waals surface area contributed by atoms with Crippen LogP contribution in [-0.4, -0.2) is 6.29 Å². The average molecular weight is 273 g/mol. The van der Waals surface area contributed by atoms with E-state index in [2.05, 4.69) is 22.9 Å². The summed E-state index contributed by atoms with van der Waals surface area (Å²) >= 11 is 5.15. The molecule has 0 bridgehead atoms. The van der Waals surface area contributed by atoms with Gasteiger partial charge in [0.05, 0.1) is 0 Å². The summed E-state index contributed by atoms with van der Waals surface area (Å²) < 4.78 is 1.11. The lowest BCUT2D eigenvalue weighted by Gasteiger charge is -2.01. The van der Waals surface area contributed by atoms with Gasteiger partial charge in [0.25, 0.3) is 0 Å². The van der Waals surface area contributed by atoms with Gasteiger partial charge in [-0.2, -0.15) is 0 Å². The summed E-state index contributed by atoms with van der Waals surface area (Å²) in [5.74, 6) is 0.286. The number of aryl methyl sites for hydroxylation is 1. The third-order valence-corrected chi connectivity index (χ3v) is 4.07. The van der Waals surface area contributed by atoms with E-state index >= 15 is 0 Å². The Bertz CT molecular complexity index is 344. The molecule has 0 aliphatic carbocycles. The van der Waals surface area contributed by atoms with E-state index in [1.165, 1.54) is 4.88 Å². The Labute approximate surface area is 97.0 Å². The van der Waals surface area contributed by atoms with Crippen molar-refractivity contribution in [2.24, 2.45) is 5.92 Å². The summed E-state index contributed by atoms with van der Waals surface area (Å²) in [6.07, 6.45) is 2.90. The van der Waals surface area contributed by atoms with Gasteiger partial charge in [0.2, 0.25) is 0 Å². The molecule has 0 aromatic carbocycles. The summed E-state index contributed by atoms with van der Waals surface area (Å²) in [4.78, 5) is 13.1. The molecule has 0 atom stereocenters. The van der Waals surface area contributed by atoms with Gasteiger partial charge < -0.3 is 0 Å². The van der Waals surface area contributed by atoms with E-state index in [0.717, 1.165) is 21.2 Å². The van der Waals surface area contributed by atoms with E-state index in [1.54, 1.807) is 11.3 Å². The summed E-state index contributed by atoms with van der Waals surface area (Å²) in [6, 6.07) is 2.05. The first kappa shape index (κ1) is 11.7. The molecule has 0 unspecified atom stereocenters. The van der Waals surface area contributed by atoms with E-state index in [-0.39, 0.29) is 5.92 Å². The van der Waals surface area contributed by atoms with Crippen molar-refractivity contribution in [3.8, 4) is 0 Å². The lowest BCUT2D eigenvalue weighted by atomic mass is 10.0. The standard InChI is InChI=1S/C11H13BrOS/c1-7(2)9(6-13)4-10-5-11(12)8(3)14-10/h4-7H,1-3H3. The smallest absolute Gasteiger partial charge is 0.146 e. The first-order valence-corrected chi connectivity index (χ1v) is 6.08. The normalized spacial score (nSPS) is 12.2. The third kappa shape index (κ3) is 2.79. The number of carbonyl (C=O) groups excluding carboxylic acids is 1. The predicted octanol–water partition coefficient (Wildman–Crippen LogP) is 4.06. The van der Waals surface area contributed by atoms with Crippen LogP contribution in [-0.2, 0) is 4.79 Å². The van der Waals surface area contributed by atoms with Crippen molar-refractivity contribution in [2.45, 2.75) is 20.8 Å². The molecule has 3 heteroatoms. The van der Waals surface area contributed by atoms with Crippen LogP contribution >= 0.6 is 27.3 Å². The fraction of sp³-hybridized carbons (Fsp3) is 0.364. The molecule has 0 aliphatic rings. The van der Waals surface area contributed by atoms with Gasteiger partial charge in [-0.25, -0.2) is 0 Å². The van der Waals surface area contributed by atoms with E-state index in [4.69, 9.17) is 0 Å². The van der Waals surface area contributed by atoms with Crippen molar-refractivity contribution in [3.05, 3.63) is 25.9 Å². The van der Waals surface area contributed by atoms with Crippen LogP contribution in [0.3, 0.4) is 0 Å². The average Bonchev–Trinajstić information content (AvgIpc) is 2.41. The molecule has 0 amide bonds. The molecule has 1 nitrogen and oxygen atoms in total. The molecule has 1 aromatic rings. The second-order valence-electron chi connectivity index (χ2n) is 3.47. The summed E-state index contributed by atoms with van der Waals surface area (Å²) in [5, 5.41) is 0. The number of hydrogen-bond acceptors (Lipinski definition) is 2. The minimum Gasteiger partial charge on any atom is -0.298 e. The summed E-state index contributed by atoms with van der Waals surface area (Å²) in [7, 11) is 0. The van der Waals surface area contributed by atoms with Gasteiger partial charge in [-0.1, -0.05) is 13.8 Å². The van der Waals surface area contributed by atoms with E-state index in [0.29, 0.717) is 0 Å². The number of hydrogen-bond donors (Lipinski definition) is 0. The molecular formula is C11H13BrOS. The van der Waals surface area contributed by atoms with Crippen LogP contribution in [0.1, 0.15) is 23.6 Å². The van der Waals surface area contributed by atoms with Crippen LogP contribution < -0.4 is 0 Å². The predicted molar refractivity (Wildman–Crippen MR) is 65.6 cm³/mol. The van der Waals surface area contributed by atoms with Gasteiger partial charge in [0.1, 0.15) is 6.29 Å². The van der Waals surface area contributed by atoms with Gasteiger partial charge in [0.15, 0.2) is 0 Å². The number of thiophene rings is 1. The van der Waals surface area contributed by atoms with Gasteiger partial charge in [-0.15, -0.1) is 11.3 Å². The molecule has 1 heterocycles. The maximum Gasteiger partial charge on any atom is 0.146 e. The molecule has 0 radical (unpaired) electrons. The zero-order valence-electron chi connectivity index (χ0n) is 8.50. The molecule has 1 rings (SSSR count). The van der Waals surface area contributed by atoms with E-state index in [9.17, 15) is 4.79 Å². The van der Waals surface area contributed by atoms with Crippen LogP contribution in [0.2, 0.25) is 0 Å². The minimum atomic E-state index is 0.286. The Morgan fingerprint density at radius 2 is 2.21 bits per heavy atom. The largest absolute Gasteiger partial charge is 0.298 e. The van der Waals surface area contributed by atoms with Gasteiger partial charge in [-0.05, 0) is 46.5 Å². The Morgan fingerprint density at radius 3 is 2.57 bits per heavy atom. The number of aldehydes is 1. The Balaban J connectivity index is 3.00. The summed E-state index contributed by atoms with van der Waals surface area (Å²) in [5.41, 5.74) is 0.846. The maximum absolute atomic E-state index is 10.8. The van der Waals surface area contributed by atoms with Crippen LogP contribution in [0, 0.1) is 12.8 Å². The van der Waals surface area contributed by atoms with Crippen LogP contribution in [0.15, 0.2) is 16.1 Å². The minimum absolute atomic E-state index is 0.286. The Morgan fingerprint density at radius 1 is 1.57 bits per heavy atom. The van der Waals surface area contributed by atoms with Crippen LogP contribution in [0.25, 0.3) is 6.08 Å². The lowest BCUT2D eigenvalue weighted by Crippen LogP contribution is -1.93. The quantitative estimate of drug-likeness (QED) is 0.599. The second-order valence-corrected chi connectivity index (χ2v) is 5.61. The zero-order chi connectivity index (χ0) is 10.7. The van der Waals surface area contributed by atoms with Crippen molar-refractivity contribution in [3.63, 3.8) is 0 Å². The molecule has 0 saturated heterocycles. The molecular weight excluding hydrogens is 260 g/mol. The van der Waals surface area contributed by atoms with Crippen molar-refractivity contribution >= 4 is 39.6 Å². The van der Waals surface area contributed by atoms with Gasteiger partial charge in [-0.3, -0.25) is 4.79 Å². The molecule has 0 saturated carbocycles. The molecule has 0 fully saturated rings. The first-order chi connectivity index (χ1) is 6.54. The first-order valence-electron chi connectivity index (χ1n) is 4.47. The fourth-order valence-corrected chi connectivity index (χ4v) is 2.58. The molecule has 14 heavy (non-hydrogen) atoms. The number of halogens is 1. The highest BCUT2D eigenvalue weighted by Gasteiger charge is 2.04. The second kappa shape index (κ2) is 4.89. The third-order valence-electron chi connectivity index (χ3n) is 1.99. The molecule has 1 aromatic heterocycles. The molecule has 0 spiro atoms. The molecule has 0 aliphatic heterocycles.